The van der Waals surface area contributed by atoms with Crippen molar-refractivity contribution in [2.45, 2.75) is 50.7 Å². The topological polar surface area (TPSA) is 94.5 Å². The number of carbonyl (C=O) groups is 1. The SMILES string of the molecule is COC(=O)[C@H](O)[C@H](O)[C@@H](OCc1ccccc1)[C@@H]1COC(C)(C)O1. The van der Waals surface area contributed by atoms with E-state index < -0.39 is 36.2 Å². The number of esters is 1. The van der Waals surface area contributed by atoms with E-state index in [2.05, 4.69) is 4.74 Å². The maximum Gasteiger partial charge on any atom is 0.337 e. The molecular formula is C17H24O7. The van der Waals surface area contributed by atoms with E-state index in [0.717, 1.165) is 12.7 Å². The van der Waals surface area contributed by atoms with Gasteiger partial charge >= 0.3 is 5.97 Å². The average molecular weight is 340 g/mol. The van der Waals surface area contributed by atoms with Gasteiger partial charge in [0.15, 0.2) is 11.9 Å². The minimum Gasteiger partial charge on any atom is -0.467 e. The molecule has 2 N–H and O–H groups in total. The van der Waals surface area contributed by atoms with E-state index in [1.54, 1.807) is 13.8 Å². The highest BCUT2D eigenvalue weighted by Gasteiger charge is 2.44. The number of aliphatic hydroxyl groups is 2. The second-order valence-electron chi connectivity index (χ2n) is 6.09. The summed E-state index contributed by atoms with van der Waals surface area (Å²) >= 11 is 0. The molecule has 1 heterocycles. The van der Waals surface area contributed by atoms with Crippen LogP contribution in [0.25, 0.3) is 0 Å². The lowest BCUT2D eigenvalue weighted by molar-refractivity contribution is -0.189. The molecule has 4 atom stereocenters. The minimum absolute atomic E-state index is 0.178. The van der Waals surface area contributed by atoms with Crippen molar-refractivity contribution in [2.75, 3.05) is 13.7 Å². The molecule has 0 amide bonds. The normalized spacial score (nSPS) is 23.5. The van der Waals surface area contributed by atoms with E-state index in [9.17, 15) is 15.0 Å². The van der Waals surface area contributed by atoms with Crippen molar-refractivity contribution < 1.29 is 34.0 Å². The Morgan fingerprint density at radius 2 is 2.00 bits per heavy atom. The van der Waals surface area contributed by atoms with Crippen molar-refractivity contribution in [1.82, 2.24) is 0 Å². The lowest BCUT2D eigenvalue weighted by Gasteiger charge is -2.30. The quantitative estimate of drug-likeness (QED) is 0.703. The summed E-state index contributed by atoms with van der Waals surface area (Å²) in [5.41, 5.74) is 0.889. The third-order valence-electron chi connectivity index (χ3n) is 3.78. The van der Waals surface area contributed by atoms with Crippen LogP contribution in [0.3, 0.4) is 0 Å². The predicted molar refractivity (Wildman–Crippen MR) is 84.0 cm³/mol. The van der Waals surface area contributed by atoms with Gasteiger partial charge in [-0.25, -0.2) is 4.79 Å². The van der Waals surface area contributed by atoms with E-state index in [1.165, 1.54) is 0 Å². The van der Waals surface area contributed by atoms with E-state index >= 15 is 0 Å². The summed E-state index contributed by atoms with van der Waals surface area (Å²) in [5, 5.41) is 20.3. The lowest BCUT2D eigenvalue weighted by Crippen LogP contribution is -2.50. The molecule has 0 unspecified atom stereocenters. The van der Waals surface area contributed by atoms with Crippen molar-refractivity contribution in [3.63, 3.8) is 0 Å². The molecule has 7 nitrogen and oxygen atoms in total. The second kappa shape index (κ2) is 8.04. The highest BCUT2D eigenvalue weighted by Crippen LogP contribution is 2.28. The maximum atomic E-state index is 11.5. The molecule has 7 heteroatoms. The molecule has 0 radical (unpaired) electrons. The van der Waals surface area contributed by atoms with Crippen LogP contribution in [0.4, 0.5) is 0 Å². The molecule has 134 valence electrons. The zero-order valence-corrected chi connectivity index (χ0v) is 14.0. The number of hydrogen-bond acceptors (Lipinski definition) is 7. The van der Waals surface area contributed by atoms with Crippen LogP contribution in [0.1, 0.15) is 19.4 Å². The third-order valence-corrected chi connectivity index (χ3v) is 3.78. The van der Waals surface area contributed by atoms with E-state index in [1.807, 2.05) is 30.3 Å². The molecule has 1 saturated heterocycles. The summed E-state index contributed by atoms with van der Waals surface area (Å²) in [6.45, 7) is 3.85. The van der Waals surface area contributed by atoms with Crippen molar-refractivity contribution in [2.24, 2.45) is 0 Å². The number of rotatable bonds is 7. The minimum atomic E-state index is -1.73. The number of hydrogen-bond donors (Lipinski definition) is 2. The molecule has 2 rings (SSSR count). The standard InChI is InChI=1S/C17H24O7/c1-17(2)23-10-12(24-17)15(13(18)14(19)16(20)21-3)22-9-11-7-5-4-6-8-11/h4-8,12-15,18-19H,9-10H2,1-3H3/t12-,13-,14+,15-/m0/s1. The Morgan fingerprint density at radius 1 is 1.33 bits per heavy atom. The fraction of sp³-hybridized carbons (Fsp3) is 0.588. The van der Waals surface area contributed by atoms with Crippen LogP contribution in [-0.2, 0) is 30.3 Å². The zero-order valence-electron chi connectivity index (χ0n) is 14.0. The first-order valence-corrected chi connectivity index (χ1v) is 7.75. The lowest BCUT2D eigenvalue weighted by atomic mass is 10.0. The monoisotopic (exact) mass is 340 g/mol. The van der Waals surface area contributed by atoms with Gasteiger partial charge in [0.1, 0.15) is 18.3 Å². The second-order valence-corrected chi connectivity index (χ2v) is 6.09. The molecular weight excluding hydrogens is 316 g/mol. The molecule has 1 aliphatic rings. The smallest absolute Gasteiger partial charge is 0.337 e. The van der Waals surface area contributed by atoms with Gasteiger partial charge in [-0.1, -0.05) is 30.3 Å². The van der Waals surface area contributed by atoms with Crippen LogP contribution in [0, 0.1) is 0 Å². The highest BCUT2D eigenvalue weighted by molar-refractivity contribution is 5.75. The van der Waals surface area contributed by atoms with Crippen LogP contribution in [0.5, 0.6) is 0 Å². The largest absolute Gasteiger partial charge is 0.467 e. The Morgan fingerprint density at radius 3 is 2.54 bits per heavy atom. The number of ether oxygens (including phenoxy) is 4. The van der Waals surface area contributed by atoms with Crippen LogP contribution >= 0.6 is 0 Å². The Kier molecular flexibility index (Phi) is 6.31. The first-order chi connectivity index (χ1) is 11.3. The molecule has 1 aromatic rings. The number of carbonyl (C=O) groups excluding carboxylic acids is 1. The number of methoxy groups -OCH3 is 1. The van der Waals surface area contributed by atoms with Crippen molar-refractivity contribution in [3.8, 4) is 0 Å². The Bertz CT molecular complexity index is 531. The van der Waals surface area contributed by atoms with Crippen molar-refractivity contribution in [3.05, 3.63) is 35.9 Å². The maximum absolute atomic E-state index is 11.5. The van der Waals surface area contributed by atoms with Gasteiger partial charge in [0.25, 0.3) is 0 Å². The van der Waals surface area contributed by atoms with E-state index in [0.29, 0.717) is 0 Å². The van der Waals surface area contributed by atoms with Crippen LogP contribution < -0.4 is 0 Å². The average Bonchev–Trinajstić information content (AvgIpc) is 2.94. The number of aliphatic hydroxyl groups excluding tert-OH is 2. The van der Waals surface area contributed by atoms with Crippen LogP contribution in [-0.4, -0.2) is 60.1 Å². The van der Waals surface area contributed by atoms with Gasteiger partial charge in [-0.05, 0) is 19.4 Å². The van der Waals surface area contributed by atoms with Gasteiger partial charge in [-0.2, -0.15) is 0 Å². The third kappa shape index (κ3) is 4.75. The van der Waals surface area contributed by atoms with Crippen LogP contribution in [0.2, 0.25) is 0 Å². The zero-order chi connectivity index (χ0) is 17.7. The molecule has 24 heavy (non-hydrogen) atoms. The van der Waals surface area contributed by atoms with Gasteiger partial charge < -0.3 is 29.2 Å². The van der Waals surface area contributed by atoms with Crippen molar-refractivity contribution >= 4 is 5.97 Å². The van der Waals surface area contributed by atoms with E-state index in [-0.39, 0.29) is 13.2 Å². The summed E-state index contributed by atoms with van der Waals surface area (Å²) < 4.78 is 21.4. The summed E-state index contributed by atoms with van der Waals surface area (Å²) in [5.74, 6) is -1.76. The van der Waals surface area contributed by atoms with Crippen molar-refractivity contribution in [1.29, 1.82) is 0 Å². The molecule has 0 aliphatic carbocycles. The molecule has 0 saturated carbocycles. The molecule has 1 aliphatic heterocycles. The summed E-state index contributed by atoms with van der Waals surface area (Å²) in [6.07, 6.45) is -4.83. The molecule has 0 spiro atoms. The van der Waals surface area contributed by atoms with Gasteiger partial charge in [-0.15, -0.1) is 0 Å². The fourth-order valence-corrected chi connectivity index (χ4v) is 2.51. The van der Waals surface area contributed by atoms with Gasteiger partial charge in [0, 0.05) is 0 Å². The summed E-state index contributed by atoms with van der Waals surface area (Å²) in [4.78, 5) is 11.5. The molecule has 1 aromatic carbocycles. The molecule has 1 fully saturated rings. The molecule has 0 bridgehead atoms. The van der Waals surface area contributed by atoms with Gasteiger partial charge in [0.05, 0.1) is 20.3 Å². The molecule has 0 aromatic heterocycles. The Hall–Kier alpha value is -1.51. The Labute approximate surface area is 141 Å². The number of benzene rings is 1. The first-order valence-electron chi connectivity index (χ1n) is 7.75. The first kappa shape index (κ1) is 18.8. The highest BCUT2D eigenvalue weighted by atomic mass is 16.7. The fourth-order valence-electron chi connectivity index (χ4n) is 2.51. The van der Waals surface area contributed by atoms with Gasteiger partial charge in [-0.3, -0.25) is 0 Å². The van der Waals surface area contributed by atoms with E-state index in [4.69, 9.17) is 14.2 Å². The summed E-state index contributed by atoms with van der Waals surface area (Å²) in [6, 6.07) is 9.36. The van der Waals surface area contributed by atoms with Gasteiger partial charge in [0.2, 0.25) is 0 Å². The van der Waals surface area contributed by atoms with Crippen LogP contribution in [0.15, 0.2) is 30.3 Å². The Balaban J connectivity index is 2.10. The predicted octanol–water partition coefficient (Wildman–Crippen LogP) is 0.618. The summed E-state index contributed by atoms with van der Waals surface area (Å²) in [7, 11) is 1.14.